The van der Waals surface area contributed by atoms with Gasteiger partial charge in [0, 0.05) is 0 Å². The molecule has 0 radical (unpaired) electrons. The van der Waals surface area contributed by atoms with Crippen LogP contribution in [0.2, 0.25) is 0 Å². The second-order valence-electron chi connectivity index (χ2n) is 2.73. The zero-order valence-corrected chi connectivity index (χ0v) is 7.05. The van der Waals surface area contributed by atoms with Gasteiger partial charge in [0.05, 0.1) is 0 Å². The van der Waals surface area contributed by atoms with Crippen molar-refractivity contribution in [2.24, 2.45) is 0 Å². The molecule has 3 aromatic rings. The molecule has 1 N–H and O–H groups in total. The van der Waals surface area contributed by atoms with E-state index >= 15 is 0 Å². The van der Waals surface area contributed by atoms with Gasteiger partial charge in [-0.15, -0.1) is 0 Å². The molecule has 0 spiro atoms. The highest BCUT2D eigenvalue weighted by Crippen LogP contribution is 2.23. The monoisotopic (exact) mass is 192 g/mol. The third-order valence-electron chi connectivity index (χ3n) is 1.86. The topological polar surface area (TPSA) is 107 Å². The average molecular weight is 192 g/mol. The Balaban J connectivity index is 2.33. The first-order chi connectivity index (χ1) is 6.86. The summed E-state index contributed by atoms with van der Waals surface area (Å²) in [5, 5.41) is 21.3. The fourth-order valence-corrected chi connectivity index (χ4v) is 1.19. The van der Waals surface area contributed by atoms with Gasteiger partial charge in [0.2, 0.25) is 5.65 Å². The van der Waals surface area contributed by atoms with Crippen LogP contribution in [0, 0.1) is 6.92 Å². The molecular weight excluding hydrogens is 188 g/mol. The molecule has 0 bridgehead atoms. The molecule has 0 fully saturated rings. The van der Waals surface area contributed by atoms with Gasteiger partial charge in [0.1, 0.15) is 11.4 Å². The molecule has 0 aromatic carbocycles. The van der Waals surface area contributed by atoms with Crippen LogP contribution in [0.4, 0.5) is 0 Å². The summed E-state index contributed by atoms with van der Waals surface area (Å²) >= 11 is 0. The zero-order chi connectivity index (χ0) is 9.54. The normalized spacial score (nSPS) is 11.2. The Hall–Kier alpha value is -2.25. The molecule has 0 aliphatic rings. The first-order valence-corrected chi connectivity index (χ1v) is 3.82. The summed E-state index contributed by atoms with van der Waals surface area (Å²) in [7, 11) is 0. The number of aryl methyl sites for hydroxylation is 1. The van der Waals surface area contributed by atoms with Gasteiger partial charge in [0.25, 0.3) is 0 Å². The molecule has 3 rings (SSSR count). The summed E-state index contributed by atoms with van der Waals surface area (Å²) < 4.78 is 9.10. The summed E-state index contributed by atoms with van der Waals surface area (Å²) in [6, 6.07) is 0. The van der Waals surface area contributed by atoms with Crippen LogP contribution >= 0.6 is 0 Å². The Kier molecular flexibility index (Phi) is 1.22. The number of H-pyrrole nitrogens is 1. The van der Waals surface area contributed by atoms with Gasteiger partial charge < -0.3 is 0 Å². The largest absolute Gasteiger partial charge is 0.256 e. The van der Waals surface area contributed by atoms with Crippen molar-refractivity contribution in [1.82, 2.24) is 30.8 Å². The molecule has 8 nitrogen and oxygen atoms in total. The minimum Gasteiger partial charge on any atom is -0.256 e. The number of aromatic nitrogens is 6. The highest BCUT2D eigenvalue weighted by Gasteiger charge is 2.18. The van der Waals surface area contributed by atoms with Crippen LogP contribution < -0.4 is 0 Å². The molecule has 0 unspecified atom stereocenters. The zero-order valence-electron chi connectivity index (χ0n) is 7.05. The number of nitrogens with zero attached hydrogens (tertiary/aromatic N) is 5. The highest BCUT2D eigenvalue weighted by molar-refractivity contribution is 5.85. The van der Waals surface area contributed by atoms with Crippen LogP contribution in [0.1, 0.15) is 5.69 Å². The summed E-state index contributed by atoms with van der Waals surface area (Å²) in [6.45, 7) is 1.76. The predicted molar refractivity (Wildman–Crippen MR) is 42.0 cm³/mol. The Morgan fingerprint density at radius 3 is 2.64 bits per heavy atom. The Labute approximate surface area is 76.2 Å². The van der Waals surface area contributed by atoms with Gasteiger partial charge in [-0.05, 0) is 22.4 Å². The van der Waals surface area contributed by atoms with Crippen molar-refractivity contribution in [3.05, 3.63) is 5.69 Å². The third-order valence-corrected chi connectivity index (χ3v) is 1.86. The molecule has 0 atom stereocenters. The number of rotatable bonds is 1. The Morgan fingerprint density at radius 2 is 1.86 bits per heavy atom. The number of hydrogen-bond acceptors (Lipinski definition) is 7. The van der Waals surface area contributed by atoms with E-state index in [1.807, 2.05) is 0 Å². The maximum Gasteiger partial charge on any atom is 0.220 e. The number of hydrogen-bond donors (Lipinski definition) is 1. The van der Waals surface area contributed by atoms with Crippen LogP contribution in [0.25, 0.3) is 22.6 Å². The first kappa shape index (κ1) is 7.18. The minimum atomic E-state index is 0.474. The van der Waals surface area contributed by atoms with E-state index in [1.165, 1.54) is 0 Å². The maximum absolute atomic E-state index is 4.56. The lowest BCUT2D eigenvalue weighted by atomic mass is 10.2. The lowest BCUT2D eigenvalue weighted by Gasteiger charge is -1.85. The predicted octanol–water partition coefficient (Wildman–Crippen LogP) is 0.304. The van der Waals surface area contributed by atoms with Crippen LogP contribution in [-0.2, 0) is 0 Å². The third kappa shape index (κ3) is 0.789. The van der Waals surface area contributed by atoms with E-state index < -0.39 is 0 Å². The average Bonchev–Trinajstić information content (AvgIpc) is 2.78. The van der Waals surface area contributed by atoms with Crippen LogP contribution in [0.5, 0.6) is 0 Å². The SMILES string of the molecule is Cc1nonc1-c1n[nH]c2nonc12. The second kappa shape index (κ2) is 2.37. The van der Waals surface area contributed by atoms with Gasteiger partial charge in [-0.25, -0.2) is 9.26 Å². The molecule has 0 aliphatic carbocycles. The van der Waals surface area contributed by atoms with E-state index in [0.29, 0.717) is 28.2 Å². The standard InChI is InChI=1S/C6H4N6O2/c1-2-3(10-13-9-2)4-5-6(8-7-4)12-14-11-5/h1H3,(H,8,12). The van der Waals surface area contributed by atoms with Gasteiger partial charge in [-0.1, -0.05) is 5.16 Å². The molecule has 0 saturated heterocycles. The van der Waals surface area contributed by atoms with Crippen molar-refractivity contribution in [1.29, 1.82) is 0 Å². The van der Waals surface area contributed by atoms with Crippen molar-refractivity contribution in [3.63, 3.8) is 0 Å². The molecule has 0 saturated carbocycles. The van der Waals surface area contributed by atoms with Gasteiger partial charge in [-0.2, -0.15) is 5.10 Å². The lowest BCUT2D eigenvalue weighted by Crippen LogP contribution is -1.83. The molecule has 8 heteroatoms. The van der Waals surface area contributed by atoms with E-state index in [-0.39, 0.29) is 0 Å². The fourth-order valence-electron chi connectivity index (χ4n) is 1.19. The smallest absolute Gasteiger partial charge is 0.220 e. The van der Waals surface area contributed by atoms with Crippen molar-refractivity contribution in [2.45, 2.75) is 6.92 Å². The molecule has 14 heavy (non-hydrogen) atoms. The minimum absolute atomic E-state index is 0.474. The Bertz CT molecular complexity index is 578. The van der Waals surface area contributed by atoms with E-state index in [1.54, 1.807) is 6.92 Å². The molecule has 70 valence electrons. The van der Waals surface area contributed by atoms with Crippen molar-refractivity contribution in [2.75, 3.05) is 0 Å². The molecule has 3 heterocycles. The van der Waals surface area contributed by atoms with E-state index in [4.69, 9.17) is 0 Å². The molecular formula is C6H4N6O2. The maximum atomic E-state index is 4.56. The van der Waals surface area contributed by atoms with E-state index in [9.17, 15) is 0 Å². The summed E-state index contributed by atoms with van der Waals surface area (Å²) in [6.07, 6.45) is 0. The lowest BCUT2D eigenvalue weighted by molar-refractivity contribution is 0.305. The Morgan fingerprint density at radius 1 is 1.00 bits per heavy atom. The van der Waals surface area contributed by atoms with Gasteiger partial charge in [-0.3, -0.25) is 5.10 Å². The van der Waals surface area contributed by atoms with Crippen LogP contribution in [0.3, 0.4) is 0 Å². The summed E-state index contributed by atoms with van der Waals surface area (Å²) in [4.78, 5) is 0. The van der Waals surface area contributed by atoms with E-state index in [0.717, 1.165) is 0 Å². The number of fused-ring (bicyclic) bond motifs is 1. The van der Waals surface area contributed by atoms with Crippen LogP contribution in [-0.4, -0.2) is 30.8 Å². The van der Waals surface area contributed by atoms with Gasteiger partial charge in [0.15, 0.2) is 11.2 Å². The summed E-state index contributed by atoms with van der Waals surface area (Å²) in [5.74, 6) is 0. The molecule has 3 aromatic heterocycles. The van der Waals surface area contributed by atoms with E-state index in [2.05, 4.69) is 40.1 Å². The molecule has 0 amide bonds. The van der Waals surface area contributed by atoms with Crippen LogP contribution in [0.15, 0.2) is 9.26 Å². The first-order valence-electron chi connectivity index (χ1n) is 3.82. The highest BCUT2D eigenvalue weighted by atomic mass is 16.6. The fraction of sp³-hybridized carbons (Fsp3) is 0.167. The molecule has 0 aliphatic heterocycles. The quantitative estimate of drug-likeness (QED) is 0.590. The van der Waals surface area contributed by atoms with Crippen molar-refractivity contribution >= 4 is 11.2 Å². The number of nitrogens with one attached hydrogen (secondary N) is 1. The summed E-state index contributed by atoms with van der Waals surface area (Å²) in [5.41, 5.74) is 2.69. The van der Waals surface area contributed by atoms with Crippen molar-refractivity contribution < 1.29 is 9.26 Å². The number of aromatic amines is 1. The second-order valence-corrected chi connectivity index (χ2v) is 2.73. The van der Waals surface area contributed by atoms with Gasteiger partial charge >= 0.3 is 0 Å². The van der Waals surface area contributed by atoms with Crippen molar-refractivity contribution in [3.8, 4) is 11.4 Å².